The van der Waals surface area contributed by atoms with Gasteiger partial charge in [0.2, 0.25) is 0 Å². The minimum Gasteiger partial charge on any atom is -0.392 e. The van der Waals surface area contributed by atoms with Crippen molar-refractivity contribution in [2.45, 2.75) is 58.5 Å². The number of hydrogen-bond acceptors (Lipinski definition) is 2. The van der Waals surface area contributed by atoms with E-state index in [4.69, 9.17) is 0 Å². The van der Waals surface area contributed by atoms with E-state index in [1.807, 2.05) is 18.7 Å². The van der Waals surface area contributed by atoms with Gasteiger partial charge in [-0.2, -0.15) is 5.10 Å². The number of nitrogens with zero attached hydrogens (tertiary/aromatic N) is 2. The zero-order chi connectivity index (χ0) is 12.5. The van der Waals surface area contributed by atoms with E-state index in [0.717, 1.165) is 30.7 Å². The SMILES string of the molecule is Cc1cc(CC(O)C2(C)CCCCC2)n(C)n1. The fraction of sp³-hybridized carbons (Fsp3) is 0.786. The van der Waals surface area contributed by atoms with E-state index < -0.39 is 0 Å². The first kappa shape index (κ1) is 12.6. The quantitative estimate of drug-likeness (QED) is 0.876. The van der Waals surface area contributed by atoms with Crippen LogP contribution >= 0.6 is 0 Å². The molecule has 0 radical (unpaired) electrons. The van der Waals surface area contributed by atoms with Gasteiger partial charge in [0.05, 0.1) is 11.8 Å². The molecule has 1 aromatic rings. The van der Waals surface area contributed by atoms with Gasteiger partial charge >= 0.3 is 0 Å². The van der Waals surface area contributed by atoms with Crippen LogP contribution in [-0.2, 0) is 13.5 Å². The highest BCUT2D eigenvalue weighted by Crippen LogP contribution is 2.39. The Morgan fingerprint density at radius 1 is 1.41 bits per heavy atom. The maximum atomic E-state index is 10.5. The summed E-state index contributed by atoms with van der Waals surface area (Å²) in [5, 5.41) is 14.8. The molecule has 1 atom stereocenters. The van der Waals surface area contributed by atoms with E-state index in [9.17, 15) is 5.11 Å². The molecule has 1 unspecified atom stereocenters. The van der Waals surface area contributed by atoms with Crippen molar-refractivity contribution in [3.05, 3.63) is 17.5 Å². The standard InChI is InChI=1S/C14H24N2O/c1-11-9-12(16(3)15-11)10-13(17)14(2)7-5-4-6-8-14/h9,13,17H,4-8,10H2,1-3H3. The summed E-state index contributed by atoms with van der Waals surface area (Å²) in [4.78, 5) is 0. The van der Waals surface area contributed by atoms with E-state index in [1.54, 1.807) is 0 Å². The second-order valence-corrected chi connectivity index (χ2v) is 5.84. The summed E-state index contributed by atoms with van der Waals surface area (Å²) in [7, 11) is 1.96. The van der Waals surface area contributed by atoms with Crippen LogP contribution in [0.2, 0.25) is 0 Å². The van der Waals surface area contributed by atoms with Gasteiger partial charge in [-0.05, 0) is 31.2 Å². The summed E-state index contributed by atoms with van der Waals surface area (Å²) in [6, 6.07) is 2.08. The zero-order valence-corrected chi connectivity index (χ0v) is 11.2. The highest BCUT2D eigenvalue weighted by molar-refractivity contribution is 5.10. The molecule has 3 heteroatoms. The van der Waals surface area contributed by atoms with Crippen molar-refractivity contribution < 1.29 is 5.11 Å². The van der Waals surface area contributed by atoms with Gasteiger partial charge < -0.3 is 5.11 Å². The Bertz CT molecular complexity index is 378. The molecular weight excluding hydrogens is 212 g/mol. The molecule has 96 valence electrons. The van der Waals surface area contributed by atoms with Crippen molar-refractivity contribution >= 4 is 0 Å². The summed E-state index contributed by atoms with van der Waals surface area (Å²) in [6.45, 7) is 4.23. The zero-order valence-electron chi connectivity index (χ0n) is 11.2. The lowest BCUT2D eigenvalue weighted by Gasteiger charge is -2.38. The van der Waals surface area contributed by atoms with E-state index in [0.29, 0.717) is 0 Å². The number of aliphatic hydroxyl groups excluding tert-OH is 1. The topological polar surface area (TPSA) is 38.0 Å². The number of rotatable bonds is 3. The molecule has 2 rings (SSSR count). The maximum absolute atomic E-state index is 10.5. The van der Waals surface area contributed by atoms with Crippen LogP contribution < -0.4 is 0 Å². The Morgan fingerprint density at radius 3 is 2.59 bits per heavy atom. The Labute approximate surface area is 104 Å². The maximum Gasteiger partial charge on any atom is 0.0649 e. The van der Waals surface area contributed by atoms with Crippen LogP contribution in [0.3, 0.4) is 0 Å². The van der Waals surface area contributed by atoms with Crippen molar-refractivity contribution in [3.8, 4) is 0 Å². The van der Waals surface area contributed by atoms with Crippen molar-refractivity contribution in [3.63, 3.8) is 0 Å². The fourth-order valence-corrected chi connectivity index (χ4v) is 2.99. The molecule has 0 amide bonds. The van der Waals surface area contributed by atoms with E-state index in [1.165, 1.54) is 19.3 Å². The van der Waals surface area contributed by atoms with Crippen LogP contribution in [0, 0.1) is 12.3 Å². The van der Waals surface area contributed by atoms with Gasteiger partial charge in [-0.1, -0.05) is 26.2 Å². The highest BCUT2D eigenvalue weighted by atomic mass is 16.3. The first-order valence-corrected chi connectivity index (χ1v) is 6.69. The Balaban J connectivity index is 2.05. The molecule has 0 bridgehead atoms. The van der Waals surface area contributed by atoms with Gasteiger partial charge in [-0.3, -0.25) is 4.68 Å². The molecule has 1 aliphatic carbocycles. The van der Waals surface area contributed by atoms with Gasteiger partial charge in [-0.25, -0.2) is 0 Å². The van der Waals surface area contributed by atoms with Crippen LogP contribution in [0.15, 0.2) is 6.07 Å². The molecule has 1 saturated carbocycles. The Morgan fingerprint density at radius 2 is 2.06 bits per heavy atom. The molecule has 0 aliphatic heterocycles. The predicted molar refractivity (Wildman–Crippen MR) is 68.8 cm³/mol. The average Bonchev–Trinajstić information content (AvgIpc) is 2.58. The van der Waals surface area contributed by atoms with Crippen molar-refractivity contribution in [2.75, 3.05) is 0 Å². The summed E-state index contributed by atoms with van der Waals surface area (Å²) in [6.07, 6.45) is 6.66. The molecule has 1 aromatic heterocycles. The first-order chi connectivity index (χ1) is 8.01. The Hall–Kier alpha value is -0.830. The third-order valence-corrected chi connectivity index (χ3v) is 4.30. The number of hydrogen-bond donors (Lipinski definition) is 1. The smallest absolute Gasteiger partial charge is 0.0649 e. The first-order valence-electron chi connectivity index (χ1n) is 6.69. The molecular formula is C14H24N2O. The predicted octanol–water partition coefficient (Wildman–Crippen LogP) is 2.60. The lowest BCUT2D eigenvalue weighted by atomic mass is 9.71. The van der Waals surface area contributed by atoms with Crippen LogP contribution in [0.25, 0.3) is 0 Å². The lowest BCUT2D eigenvalue weighted by Crippen LogP contribution is -2.36. The van der Waals surface area contributed by atoms with Gasteiger partial charge in [0.15, 0.2) is 0 Å². The normalized spacial score (nSPS) is 21.4. The number of aliphatic hydroxyl groups is 1. The molecule has 0 saturated heterocycles. The van der Waals surface area contributed by atoms with E-state index in [2.05, 4.69) is 18.1 Å². The molecule has 17 heavy (non-hydrogen) atoms. The van der Waals surface area contributed by atoms with Gasteiger partial charge in [-0.15, -0.1) is 0 Å². The number of aromatic nitrogens is 2. The van der Waals surface area contributed by atoms with Gasteiger partial charge in [0.1, 0.15) is 0 Å². The van der Waals surface area contributed by atoms with Crippen LogP contribution in [0.5, 0.6) is 0 Å². The molecule has 0 aromatic carbocycles. The van der Waals surface area contributed by atoms with Gasteiger partial charge in [0.25, 0.3) is 0 Å². The third-order valence-electron chi connectivity index (χ3n) is 4.30. The summed E-state index contributed by atoms with van der Waals surface area (Å²) >= 11 is 0. The van der Waals surface area contributed by atoms with E-state index >= 15 is 0 Å². The third kappa shape index (κ3) is 2.71. The molecule has 1 heterocycles. The minimum atomic E-state index is -0.238. The summed E-state index contributed by atoms with van der Waals surface area (Å²) in [5.74, 6) is 0. The van der Waals surface area contributed by atoms with Crippen LogP contribution in [0.1, 0.15) is 50.4 Å². The summed E-state index contributed by atoms with van der Waals surface area (Å²) < 4.78 is 1.89. The Kier molecular flexibility index (Phi) is 3.57. The van der Waals surface area contributed by atoms with Crippen LogP contribution in [-0.4, -0.2) is 21.0 Å². The minimum absolute atomic E-state index is 0.108. The lowest BCUT2D eigenvalue weighted by molar-refractivity contribution is 0.00924. The fourth-order valence-electron chi connectivity index (χ4n) is 2.99. The van der Waals surface area contributed by atoms with Crippen molar-refractivity contribution in [1.82, 2.24) is 9.78 Å². The van der Waals surface area contributed by atoms with Crippen molar-refractivity contribution in [1.29, 1.82) is 0 Å². The van der Waals surface area contributed by atoms with Gasteiger partial charge in [0, 0.05) is 19.2 Å². The largest absolute Gasteiger partial charge is 0.392 e. The van der Waals surface area contributed by atoms with Crippen LogP contribution in [0.4, 0.5) is 0 Å². The molecule has 1 N–H and O–H groups in total. The second-order valence-electron chi connectivity index (χ2n) is 5.84. The molecule has 1 fully saturated rings. The van der Waals surface area contributed by atoms with Crippen molar-refractivity contribution in [2.24, 2.45) is 12.5 Å². The molecule has 1 aliphatic rings. The molecule has 3 nitrogen and oxygen atoms in total. The average molecular weight is 236 g/mol. The monoisotopic (exact) mass is 236 g/mol. The summed E-state index contributed by atoms with van der Waals surface area (Å²) in [5.41, 5.74) is 2.28. The van der Waals surface area contributed by atoms with E-state index in [-0.39, 0.29) is 11.5 Å². The molecule has 0 spiro atoms. The highest BCUT2D eigenvalue weighted by Gasteiger charge is 2.34. The second kappa shape index (κ2) is 4.81. The number of aryl methyl sites for hydroxylation is 2.